The van der Waals surface area contributed by atoms with Gasteiger partial charge in [-0.25, -0.2) is 0 Å². The van der Waals surface area contributed by atoms with Gasteiger partial charge in [-0.05, 0) is 89.9 Å². The van der Waals surface area contributed by atoms with Crippen LogP contribution >= 0.6 is 0 Å². The fourth-order valence-corrected chi connectivity index (χ4v) is 9.42. The van der Waals surface area contributed by atoms with Crippen LogP contribution in [0.5, 0.6) is 0 Å². The molecule has 0 saturated carbocycles. The molecule has 0 aromatic heterocycles. The van der Waals surface area contributed by atoms with Crippen LogP contribution in [0.4, 0.5) is 0 Å². The molecule has 81 heavy (non-hydrogen) atoms. The molecule has 3 heterocycles. The molecular formula is C62H103NO18. The number of allylic oxidation sites excluding steroid dienone is 15. The van der Waals surface area contributed by atoms with Gasteiger partial charge in [-0.3, -0.25) is 4.79 Å². The van der Waals surface area contributed by atoms with E-state index in [2.05, 4.69) is 104 Å². The average molecular weight is 1150 g/mol. The van der Waals surface area contributed by atoms with Crippen molar-refractivity contribution in [3.8, 4) is 0 Å². The number of ether oxygens (including phenoxy) is 6. The quantitative estimate of drug-likeness (QED) is 0.0270. The SMILES string of the molecule is CC/C=C\C/C=C\C/C=C\C/C=C\C/C=C\CCCCCCCC(=O)NC(COC1OC(CO)C(OC2OC(CO)C(OC3OC(CO)C(O)C(O)C3O)C(O)C2O)C(O)C1O)C(O)/C=C/CC/C=C/CC/C=C/CCCCCCC. The Morgan fingerprint density at radius 3 is 1.38 bits per heavy atom. The molecule has 0 aliphatic carbocycles. The van der Waals surface area contributed by atoms with Crippen LogP contribution in [0, 0.1) is 0 Å². The lowest BCUT2D eigenvalue weighted by Crippen LogP contribution is -2.66. The molecule has 3 rings (SSSR count). The summed E-state index contributed by atoms with van der Waals surface area (Å²) in [5.41, 5.74) is 0. The van der Waals surface area contributed by atoms with Gasteiger partial charge in [0.2, 0.25) is 5.91 Å². The lowest BCUT2D eigenvalue weighted by Gasteiger charge is -2.48. The minimum Gasteiger partial charge on any atom is -0.394 e. The molecular weight excluding hydrogens is 1050 g/mol. The van der Waals surface area contributed by atoms with E-state index >= 15 is 0 Å². The van der Waals surface area contributed by atoms with Crippen molar-refractivity contribution in [2.75, 3.05) is 26.4 Å². The Labute approximate surface area is 482 Å². The number of rotatable bonds is 42. The molecule has 0 radical (unpaired) electrons. The highest BCUT2D eigenvalue weighted by atomic mass is 16.8. The smallest absolute Gasteiger partial charge is 0.220 e. The summed E-state index contributed by atoms with van der Waals surface area (Å²) in [7, 11) is 0. The molecule has 3 aliphatic heterocycles. The van der Waals surface area contributed by atoms with Gasteiger partial charge in [0.25, 0.3) is 0 Å². The minimum absolute atomic E-state index is 0.203. The van der Waals surface area contributed by atoms with Crippen molar-refractivity contribution in [3.05, 3.63) is 97.2 Å². The molecule has 1 amide bonds. The highest BCUT2D eigenvalue weighted by Crippen LogP contribution is 2.33. The molecule has 0 bridgehead atoms. The fraction of sp³-hybridized carbons (Fsp3) is 0.726. The van der Waals surface area contributed by atoms with Crippen LogP contribution in [0.15, 0.2) is 97.2 Å². The zero-order valence-electron chi connectivity index (χ0n) is 48.2. The van der Waals surface area contributed by atoms with Gasteiger partial charge in [-0.2, -0.15) is 0 Å². The number of amides is 1. The predicted octanol–water partition coefficient (Wildman–Crippen LogP) is 5.37. The first-order valence-electron chi connectivity index (χ1n) is 30.0. The van der Waals surface area contributed by atoms with Gasteiger partial charge in [0.15, 0.2) is 18.9 Å². The summed E-state index contributed by atoms with van der Waals surface area (Å²) < 4.78 is 34.2. The fourth-order valence-electron chi connectivity index (χ4n) is 9.42. The highest BCUT2D eigenvalue weighted by Gasteiger charge is 2.53. The number of hydrogen-bond acceptors (Lipinski definition) is 18. The summed E-state index contributed by atoms with van der Waals surface area (Å²) >= 11 is 0. The Hall–Kier alpha value is -3.29. The second-order valence-corrected chi connectivity index (χ2v) is 21.1. The van der Waals surface area contributed by atoms with E-state index in [1.807, 2.05) is 6.08 Å². The van der Waals surface area contributed by atoms with Crippen LogP contribution in [0.2, 0.25) is 0 Å². The third-order valence-electron chi connectivity index (χ3n) is 14.3. The maximum atomic E-state index is 13.3. The molecule has 464 valence electrons. The van der Waals surface area contributed by atoms with Gasteiger partial charge in [-0.15, -0.1) is 0 Å². The normalized spacial score (nSPS) is 30.5. The molecule has 19 heteroatoms. The van der Waals surface area contributed by atoms with Gasteiger partial charge in [-0.1, -0.05) is 156 Å². The molecule has 19 nitrogen and oxygen atoms in total. The Bertz CT molecular complexity index is 1850. The van der Waals surface area contributed by atoms with Crippen molar-refractivity contribution in [1.82, 2.24) is 5.32 Å². The van der Waals surface area contributed by atoms with Gasteiger partial charge < -0.3 is 89.9 Å². The third kappa shape index (κ3) is 28.0. The maximum Gasteiger partial charge on any atom is 0.220 e. The Kier molecular flexibility index (Phi) is 39.3. The van der Waals surface area contributed by atoms with Crippen LogP contribution in [0.3, 0.4) is 0 Å². The minimum atomic E-state index is -1.99. The number of carbonyl (C=O) groups excluding carboxylic acids is 1. The van der Waals surface area contributed by atoms with E-state index in [1.54, 1.807) is 6.08 Å². The molecule has 0 spiro atoms. The van der Waals surface area contributed by atoms with E-state index in [1.165, 1.54) is 32.1 Å². The van der Waals surface area contributed by atoms with Crippen LogP contribution in [-0.4, -0.2) is 193 Å². The number of unbranched alkanes of at least 4 members (excludes halogenated alkanes) is 12. The number of aliphatic hydroxyl groups excluding tert-OH is 11. The number of carbonyl (C=O) groups is 1. The molecule has 0 aromatic carbocycles. The number of nitrogens with one attached hydrogen (secondary N) is 1. The van der Waals surface area contributed by atoms with Crippen molar-refractivity contribution >= 4 is 5.91 Å². The first-order valence-corrected chi connectivity index (χ1v) is 30.0. The molecule has 3 fully saturated rings. The second kappa shape index (κ2) is 44.2. The first-order chi connectivity index (χ1) is 39.3. The number of aliphatic hydroxyl groups is 11. The number of hydrogen-bond donors (Lipinski definition) is 12. The summed E-state index contributed by atoms with van der Waals surface area (Å²) in [6.45, 7) is 1.52. The van der Waals surface area contributed by atoms with Gasteiger partial charge in [0, 0.05) is 6.42 Å². The average Bonchev–Trinajstić information content (AvgIpc) is 3.46. The van der Waals surface area contributed by atoms with Crippen molar-refractivity contribution in [2.45, 2.75) is 259 Å². The lowest BCUT2D eigenvalue weighted by molar-refractivity contribution is -0.379. The summed E-state index contributed by atoms with van der Waals surface area (Å²) in [5, 5.41) is 120. The Morgan fingerprint density at radius 1 is 0.457 bits per heavy atom. The van der Waals surface area contributed by atoms with Gasteiger partial charge in [0.1, 0.15) is 73.2 Å². The van der Waals surface area contributed by atoms with Crippen molar-refractivity contribution in [3.63, 3.8) is 0 Å². The van der Waals surface area contributed by atoms with E-state index in [0.29, 0.717) is 12.8 Å². The van der Waals surface area contributed by atoms with E-state index in [9.17, 15) is 61.0 Å². The van der Waals surface area contributed by atoms with Crippen LogP contribution in [0.25, 0.3) is 0 Å². The van der Waals surface area contributed by atoms with Crippen molar-refractivity contribution in [1.29, 1.82) is 0 Å². The van der Waals surface area contributed by atoms with Gasteiger partial charge in [0.05, 0.1) is 38.6 Å². The predicted molar refractivity (Wildman–Crippen MR) is 309 cm³/mol. The molecule has 17 unspecified atom stereocenters. The van der Waals surface area contributed by atoms with E-state index < -0.39 is 124 Å². The monoisotopic (exact) mass is 1150 g/mol. The molecule has 3 aliphatic rings. The summed E-state index contributed by atoms with van der Waals surface area (Å²) in [5.74, 6) is -0.314. The van der Waals surface area contributed by atoms with Crippen LogP contribution in [-0.2, 0) is 33.2 Å². The lowest BCUT2D eigenvalue weighted by atomic mass is 9.96. The van der Waals surface area contributed by atoms with Crippen LogP contribution < -0.4 is 5.32 Å². The highest BCUT2D eigenvalue weighted by molar-refractivity contribution is 5.76. The molecule has 0 aromatic rings. The topological polar surface area (TPSA) is 307 Å². The summed E-state index contributed by atoms with van der Waals surface area (Å²) in [6, 6.07) is -1.01. The Balaban J connectivity index is 1.52. The molecule has 17 atom stereocenters. The van der Waals surface area contributed by atoms with Crippen molar-refractivity contribution < 1.29 is 89.4 Å². The first kappa shape index (κ1) is 72.0. The van der Waals surface area contributed by atoms with E-state index in [4.69, 9.17) is 28.4 Å². The standard InChI is InChI=1S/C62H103NO18/c1-3-5-7-9-11-13-15-17-19-20-21-22-23-24-26-28-30-32-34-36-38-40-50(68)63-45(46(67)39-37-35-33-31-29-27-25-18-16-14-12-10-8-6-4-2)44-76-60-56(74)53(71)58(48(42-65)78-60)81-62-57(75)54(72)59(49(43-66)79-62)80-61-55(73)52(70)51(69)47(41-64)77-61/h5,7,11,13,16-19,21-22,24,26,29,31,37,39,45-49,51-62,64-67,69-75H,3-4,6,8-10,12,14-15,20,23,25,27-28,30,32-36,38,40-44H2,1-2H3,(H,63,68)/b7-5-,13-11-,18-16+,19-17-,22-21-,26-24-,31-29+,39-37+. The third-order valence-corrected chi connectivity index (χ3v) is 14.3. The molecule has 3 saturated heterocycles. The molecule has 12 N–H and O–H groups in total. The van der Waals surface area contributed by atoms with E-state index in [0.717, 1.165) is 89.9 Å². The van der Waals surface area contributed by atoms with Crippen LogP contribution in [0.1, 0.15) is 155 Å². The Morgan fingerprint density at radius 2 is 0.864 bits per heavy atom. The zero-order chi connectivity index (χ0) is 59.0. The largest absolute Gasteiger partial charge is 0.394 e. The zero-order valence-corrected chi connectivity index (χ0v) is 48.2. The second-order valence-electron chi connectivity index (χ2n) is 21.1. The van der Waals surface area contributed by atoms with Gasteiger partial charge >= 0.3 is 0 Å². The van der Waals surface area contributed by atoms with E-state index in [-0.39, 0.29) is 18.9 Å². The maximum absolute atomic E-state index is 13.3. The summed E-state index contributed by atoms with van der Waals surface area (Å²) in [6.07, 6.45) is 28.1. The van der Waals surface area contributed by atoms with Crippen molar-refractivity contribution in [2.24, 2.45) is 0 Å². The summed E-state index contributed by atoms with van der Waals surface area (Å²) in [4.78, 5) is 13.3.